The molecule has 10 rings (SSSR count). The van der Waals surface area contributed by atoms with E-state index in [0.717, 1.165) is 38.6 Å². The first-order chi connectivity index (χ1) is 26.7. The minimum absolute atomic E-state index is 0.650. The maximum Gasteiger partial charge on any atom is 0.164 e. The SMILES string of the molecule is c1ccc(-c2nc(-c3ccccc3)nc(-c3cc(-c4ccc5cc(-c6cccc(-c7cccc8ccccc78)c6)ccc5c4)cc4ccccc34)n2)cc1. The second-order valence-electron chi connectivity index (χ2n) is 13.7. The highest BCUT2D eigenvalue weighted by molar-refractivity contribution is 6.01. The van der Waals surface area contributed by atoms with E-state index in [1.54, 1.807) is 0 Å². The molecular formula is C51H33N3. The van der Waals surface area contributed by atoms with Gasteiger partial charge in [0.15, 0.2) is 17.5 Å². The number of aromatic nitrogens is 3. The molecule has 54 heavy (non-hydrogen) atoms. The predicted octanol–water partition coefficient (Wildman–Crippen LogP) is 13.3. The summed E-state index contributed by atoms with van der Waals surface area (Å²) in [7, 11) is 0. The Morgan fingerprint density at radius 1 is 0.222 bits per heavy atom. The van der Waals surface area contributed by atoms with Crippen LogP contribution in [0.15, 0.2) is 200 Å². The summed E-state index contributed by atoms with van der Waals surface area (Å²) in [5.74, 6) is 1.95. The summed E-state index contributed by atoms with van der Waals surface area (Å²) < 4.78 is 0. The van der Waals surface area contributed by atoms with Crippen LogP contribution in [-0.2, 0) is 0 Å². The van der Waals surface area contributed by atoms with Crippen LogP contribution in [0.25, 0.3) is 99.9 Å². The normalized spacial score (nSPS) is 11.3. The fourth-order valence-corrected chi connectivity index (χ4v) is 7.54. The summed E-state index contributed by atoms with van der Waals surface area (Å²) in [6, 6.07) is 70.8. The Bertz CT molecular complexity index is 2930. The van der Waals surface area contributed by atoms with Crippen molar-refractivity contribution in [3.05, 3.63) is 200 Å². The van der Waals surface area contributed by atoms with Gasteiger partial charge in [0.2, 0.25) is 0 Å². The number of hydrogen-bond donors (Lipinski definition) is 0. The van der Waals surface area contributed by atoms with Gasteiger partial charge in [0.1, 0.15) is 0 Å². The first kappa shape index (κ1) is 31.5. The molecule has 0 atom stereocenters. The molecule has 0 aliphatic heterocycles. The monoisotopic (exact) mass is 687 g/mol. The van der Waals surface area contributed by atoms with E-state index in [1.165, 1.54) is 43.8 Å². The average Bonchev–Trinajstić information content (AvgIpc) is 3.26. The molecule has 0 aliphatic carbocycles. The lowest BCUT2D eigenvalue weighted by Gasteiger charge is -2.13. The summed E-state index contributed by atoms with van der Waals surface area (Å²) in [6.07, 6.45) is 0. The Kier molecular flexibility index (Phi) is 7.81. The van der Waals surface area contributed by atoms with Gasteiger partial charge in [-0.3, -0.25) is 0 Å². The molecule has 0 amide bonds. The van der Waals surface area contributed by atoms with Gasteiger partial charge in [-0.2, -0.15) is 0 Å². The van der Waals surface area contributed by atoms with E-state index < -0.39 is 0 Å². The van der Waals surface area contributed by atoms with Crippen LogP contribution in [0.4, 0.5) is 0 Å². The fourth-order valence-electron chi connectivity index (χ4n) is 7.54. The lowest BCUT2D eigenvalue weighted by Crippen LogP contribution is -2.00. The van der Waals surface area contributed by atoms with Crippen LogP contribution in [0.3, 0.4) is 0 Å². The molecule has 3 nitrogen and oxygen atoms in total. The maximum absolute atomic E-state index is 5.09. The zero-order valence-corrected chi connectivity index (χ0v) is 29.4. The molecule has 0 N–H and O–H groups in total. The molecule has 0 saturated heterocycles. The fraction of sp³-hybridized carbons (Fsp3) is 0. The molecule has 0 bridgehead atoms. The average molecular weight is 688 g/mol. The summed E-state index contributed by atoms with van der Waals surface area (Å²) in [4.78, 5) is 15.1. The Morgan fingerprint density at radius 2 is 0.685 bits per heavy atom. The second-order valence-corrected chi connectivity index (χ2v) is 13.7. The van der Waals surface area contributed by atoms with Crippen molar-refractivity contribution in [1.29, 1.82) is 0 Å². The Hall–Kier alpha value is -7.23. The molecule has 1 heterocycles. The van der Waals surface area contributed by atoms with E-state index in [-0.39, 0.29) is 0 Å². The topological polar surface area (TPSA) is 38.7 Å². The molecule has 10 aromatic rings. The minimum atomic E-state index is 0.650. The number of rotatable bonds is 6. The third kappa shape index (κ3) is 5.88. The highest BCUT2D eigenvalue weighted by atomic mass is 15.0. The van der Waals surface area contributed by atoms with Crippen LogP contribution in [0.2, 0.25) is 0 Å². The van der Waals surface area contributed by atoms with Crippen LogP contribution < -0.4 is 0 Å². The van der Waals surface area contributed by atoms with Crippen molar-refractivity contribution in [3.63, 3.8) is 0 Å². The van der Waals surface area contributed by atoms with E-state index >= 15 is 0 Å². The van der Waals surface area contributed by atoms with Crippen LogP contribution in [0.5, 0.6) is 0 Å². The van der Waals surface area contributed by atoms with E-state index in [1.807, 2.05) is 60.7 Å². The zero-order chi connectivity index (χ0) is 35.8. The smallest absolute Gasteiger partial charge is 0.164 e. The predicted molar refractivity (Wildman–Crippen MR) is 225 cm³/mol. The van der Waals surface area contributed by atoms with Gasteiger partial charge in [0, 0.05) is 16.7 Å². The third-order valence-electron chi connectivity index (χ3n) is 10.3. The van der Waals surface area contributed by atoms with Crippen LogP contribution in [0, 0.1) is 0 Å². The quantitative estimate of drug-likeness (QED) is 0.175. The van der Waals surface area contributed by atoms with Crippen molar-refractivity contribution in [2.24, 2.45) is 0 Å². The summed E-state index contributed by atoms with van der Waals surface area (Å²) >= 11 is 0. The lowest BCUT2D eigenvalue weighted by atomic mass is 9.93. The molecule has 0 fully saturated rings. The lowest BCUT2D eigenvalue weighted by molar-refractivity contribution is 1.08. The van der Waals surface area contributed by atoms with Gasteiger partial charge < -0.3 is 0 Å². The molecule has 0 spiro atoms. The van der Waals surface area contributed by atoms with Gasteiger partial charge >= 0.3 is 0 Å². The van der Waals surface area contributed by atoms with Gasteiger partial charge in [0.05, 0.1) is 0 Å². The van der Waals surface area contributed by atoms with E-state index in [9.17, 15) is 0 Å². The van der Waals surface area contributed by atoms with Crippen molar-refractivity contribution < 1.29 is 0 Å². The number of fused-ring (bicyclic) bond motifs is 3. The van der Waals surface area contributed by atoms with Crippen molar-refractivity contribution in [3.8, 4) is 67.5 Å². The number of nitrogens with zero attached hydrogens (tertiary/aromatic N) is 3. The van der Waals surface area contributed by atoms with Gasteiger partial charge in [-0.1, -0.05) is 170 Å². The van der Waals surface area contributed by atoms with Crippen LogP contribution >= 0.6 is 0 Å². The first-order valence-corrected chi connectivity index (χ1v) is 18.3. The Morgan fingerprint density at radius 3 is 1.37 bits per heavy atom. The highest BCUT2D eigenvalue weighted by Gasteiger charge is 2.16. The van der Waals surface area contributed by atoms with E-state index in [0.29, 0.717) is 17.5 Å². The molecule has 1 aromatic heterocycles. The highest BCUT2D eigenvalue weighted by Crippen LogP contribution is 2.37. The largest absolute Gasteiger partial charge is 0.208 e. The standard InChI is InChI=1S/C51H33N3/c1-3-14-35(15-4-1)49-52-50(36-16-5-2-6-17-36)54-51(53-49)48-33-44(32-42-18-8-10-23-47(42)48)41-28-27-39-29-38(25-26-40(39)30-41)37-20-11-21-43(31-37)46-24-12-19-34-13-7-9-22-45(34)46/h1-33H. The Labute approximate surface area is 313 Å². The molecule has 0 unspecified atom stereocenters. The van der Waals surface area contributed by atoms with Crippen molar-refractivity contribution in [2.75, 3.05) is 0 Å². The zero-order valence-electron chi connectivity index (χ0n) is 29.4. The second kappa shape index (κ2) is 13.4. The maximum atomic E-state index is 5.09. The van der Waals surface area contributed by atoms with Crippen molar-refractivity contribution in [1.82, 2.24) is 15.0 Å². The molecular weight excluding hydrogens is 655 g/mol. The van der Waals surface area contributed by atoms with E-state index in [2.05, 4.69) is 140 Å². The van der Waals surface area contributed by atoms with Gasteiger partial charge in [-0.05, 0) is 96.0 Å². The summed E-state index contributed by atoms with van der Waals surface area (Å²) in [5.41, 5.74) is 10.00. The van der Waals surface area contributed by atoms with Gasteiger partial charge in [-0.15, -0.1) is 0 Å². The molecule has 3 heteroatoms. The molecule has 0 radical (unpaired) electrons. The summed E-state index contributed by atoms with van der Waals surface area (Å²) in [5, 5.41) is 7.14. The molecule has 0 aliphatic rings. The van der Waals surface area contributed by atoms with E-state index in [4.69, 9.17) is 15.0 Å². The van der Waals surface area contributed by atoms with Crippen LogP contribution in [-0.4, -0.2) is 15.0 Å². The molecule has 0 saturated carbocycles. The molecule has 252 valence electrons. The van der Waals surface area contributed by atoms with Crippen molar-refractivity contribution in [2.45, 2.75) is 0 Å². The minimum Gasteiger partial charge on any atom is -0.208 e. The van der Waals surface area contributed by atoms with Crippen molar-refractivity contribution >= 4 is 32.3 Å². The molecule has 9 aromatic carbocycles. The third-order valence-corrected chi connectivity index (χ3v) is 10.3. The van der Waals surface area contributed by atoms with Gasteiger partial charge in [-0.25, -0.2) is 15.0 Å². The Balaban J connectivity index is 1.06. The number of benzene rings is 9. The van der Waals surface area contributed by atoms with Gasteiger partial charge in [0.25, 0.3) is 0 Å². The number of hydrogen-bond acceptors (Lipinski definition) is 3. The first-order valence-electron chi connectivity index (χ1n) is 18.3. The van der Waals surface area contributed by atoms with Crippen LogP contribution in [0.1, 0.15) is 0 Å². The summed E-state index contributed by atoms with van der Waals surface area (Å²) in [6.45, 7) is 0.